The Morgan fingerprint density at radius 3 is 2.23 bits per heavy atom. The van der Waals surface area contributed by atoms with Gasteiger partial charge < -0.3 is 10.0 Å². The Hall–Kier alpha value is -2.48. The van der Waals surface area contributed by atoms with Crippen molar-refractivity contribution >= 4 is 22.0 Å². The van der Waals surface area contributed by atoms with E-state index in [1.807, 2.05) is 60.7 Å². The van der Waals surface area contributed by atoms with Crippen LogP contribution in [0.1, 0.15) is 24.0 Å². The van der Waals surface area contributed by atoms with Crippen LogP contribution in [0, 0.1) is 5.92 Å². The first kappa shape index (κ1) is 23.2. The Morgan fingerprint density at radius 1 is 1.00 bits per heavy atom. The van der Waals surface area contributed by atoms with Gasteiger partial charge in [-0.3, -0.25) is 4.79 Å². The fourth-order valence-electron chi connectivity index (χ4n) is 3.79. The molecule has 0 saturated carbocycles. The van der Waals surface area contributed by atoms with E-state index in [0.717, 1.165) is 17.5 Å². The molecular formula is C24H30N2O4S. The highest BCUT2D eigenvalue weighted by atomic mass is 32.2. The fourth-order valence-corrected chi connectivity index (χ4v) is 5.01. The number of piperidine rings is 1. The lowest BCUT2D eigenvalue weighted by Gasteiger charge is -2.33. The van der Waals surface area contributed by atoms with Crippen LogP contribution in [0.2, 0.25) is 0 Å². The molecule has 7 heteroatoms. The molecule has 6 nitrogen and oxygen atoms in total. The van der Waals surface area contributed by atoms with Gasteiger partial charge in [0, 0.05) is 37.5 Å². The van der Waals surface area contributed by atoms with E-state index in [9.17, 15) is 18.3 Å². The van der Waals surface area contributed by atoms with Crippen LogP contribution in [0.25, 0.3) is 6.08 Å². The van der Waals surface area contributed by atoms with Crippen molar-refractivity contribution < 1.29 is 18.3 Å². The molecule has 0 radical (unpaired) electrons. The summed E-state index contributed by atoms with van der Waals surface area (Å²) in [6.07, 6.45) is 3.30. The zero-order valence-corrected chi connectivity index (χ0v) is 18.5. The normalized spacial score (nSPS) is 15.9. The first-order valence-electron chi connectivity index (χ1n) is 10.7. The topological polar surface area (TPSA) is 77.9 Å². The second-order valence-electron chi connectivity index (χ2n) is 7.72. The van der Waals surface area contributed by atoms with E-state index < -0.39 is 10.0 Å². The Morgan fingerprint density at radius 2 is 1.61 bits per heavy atom. The van der Waals surface area contributed by atoms with Crippen molar-refractivity contribution in [3.05, 3.63) is 77.2 Å². The predicted molar refractivity (Wildman–Crippen MR) is 123 cm³/mol. The highest BCUT2D eigenvalue weighted by Crippen LogP contribution is 2.23. The number of amides is 1. The Balaban J connectivity index is 1.55. The fraction of sp³-hybridized carbons (Fsp3) is 0.375. The average Bonchev–Trinajstić information content (AvgIpc) is 2.81. The summed E-state index contributed by atoms with van der Waals surface area (Å²) in [7, 11) is -3.52. The van der Waals surface area contributed by atoms with Crippen LogP contribution in [0.4, 0.5) is 0 Å². The van der Waals surface area contributed by atoms with Crippen LogP contribution >= 0.6 is 0 Å². The van der Waals surface area contributed by atoms with Gasteiger partial charge in [0.1, 0.15) is 0 Å². The van der Waals surface area contributed by atoms with Crippen molar-refractivity contribution in [2.24, 2.45) is 5.92 Å². The zero-order valence-electron chi connectivity index (χ0n) is 17.6. The third-order valence-corrected chi connectivity index (χ3v) is 7.15. The number of aliphatic hydroxyl groups excluding tert-OH is 1. The maximum absolute atomic E-state index is 13.0. The van der Waals surface area contributed by atoms with Gasteiger partial charge in [-0.1, -0.05) is 60.7 Å². The van der Waals surface area contributed by atoms with Crippen LogP contribution in [0.15, 0.2) is 66.1 Å². The summed E-state index contributed by atoms with van der Waals surface area (Å²) in [5, 5.41) is 10.6. The standard InChI is InChI=1S/C24H30N2O4S/c27-19-18-25(15-11-21-7-3-1-4-8-21)24(28)23-12-16-26(17-13-23)31(29,30)20-14-22-9-5-2-6-10-22/h1-10,14,20,23,27H,11-13,15-19H2. The summed E-state index contributed by atoms with van der Waals surface area (Å²) in [5.41, 5.74) is 1.97. The van der Waals surface area contributed by atoms with Crippen molar-refractivity contribution in [2.75, 3.05) is 32.8 Å². The molecule has 31 heavy (non-hydrogen) atoms. The van der Waals surface area contributed by atoms with Gasteiger partial charge in [-0.05, 0) is 36.5 Å². The number of hydrogen-bond acceptors (Lipinski definition) is 4. The molecule has 1 fully saturated rings. The molecule has 0 atom stereocenters. The van der Waals surface area contributed by atoms with Gasteiger partial charge in [0.2, 0.25) is 15.9 Å². The molecule has 1 heterocycles. The molecule has 0 aromatic heterocycles. The van der Waals surface area contributed by atoms with Gasteiger partial charge in [-0.15, -0.1) is 0 Å². The Kier molecular flexibility index (Phi) is 8.40. The molecule has 1 aliphatic rings. The summed E-state index contributed by atoms with van der Waals surface area (Å²) >= 11 is 0. The molecular weight excluding hydrogens is 412 g/mol. The monoisotopic (exact) mass is 442 g/mol. The van der Waals surface area contributed by atoms with Gasteiger partial charge in [-0.25, -0.2) is 8.42 Å². The molecule has 0 spiro atoms. The lowest BCUT2D eigenvalue weighted by atomic mass is 9.96. The predicted octanol–water partition coefficient (Wildman–Crippen LogP) is 2.76. The quantitative estimate of drug-likeness (QED) is 0.648. The van der Waals surface area contributed by atoms with E-state index in [1.54, 1.807) is 11.0 Å². The molecule has 1 aliphatic heterocycles. The lowest BCUT2D eigenvalue weighted by Crippen LogP contribution is -2.45. The van der Waals surface area contributed by atoms with Gasteiger partial charge in [0.05, 0.1) is 6.61 Å². The molecule has 1 amide bonds. The van der Waals surface area contributed by atoms with Crippen molar-refractivity contribution in [3.63, 3.8) is 0 Å². The molecule has 166 valence electrons. The Labute approximate surface area is 184 Å². The highest BCUT2D eigenvalue weighted by molar-refractivity contribution is 7.92. The first-order valence-corrected chi connectivity index (χ1v) is 12.2. The molecule has 3 rings (SSSR count). The van der Waals surface area contributed by atoms with E-state index in [4.69, 9.17) is 0 Å². The molecule has 0 aliphatic carbocycles. The molecule has 1 saturated heterocycles. The van der Waals surface area contributed by atoms with E-state index in [0.29, 0.717) is 39.0 Å². The summed E-state index contributed by atoms with van der Waals surface area (Å²) in [5.74, 6) is -0.214. The highest BCUT2D eigenvalue weighted by Gasteiger charge is 2.32. The smallest absolute Gasteiger partial charge is 0.236 e. The minimum absolute atomic E-state index is 0.00172. The second kappa shape index (κ2) is 11.2. The largest absolute Gasteiger partial charge is 0.395 e. The van der Waals surface area contributed by atoms with Crippen LogP contribution in [0.5, 0.6) is 0 Å². The second-order valence-corrected chi connectivity index (χ2v) is 9.53. The van der Waals surface area contributed by atoms with Crippen LogP contribution in [-0.4, -0.2) is 61.4 Å². The van der Waals surface area contributed by atoms with Gasteiger partial charge >= 0.3 is 0 Å². The maximum Gasteiger partial charge on any atom is 0.236 e. The summed E-state index contributed by atoms with van der Waals surface area (Å²) in [4.78, 5) is 14.7. The lowest BCUT2D eigenvalue weighted by molar-refractivity contribution is -0.137. The van der Waals surface area contributed by atoms with Gasteiger partial charge in [-0.2, -0.15) is 4.31 Å². The van der Waals surface area contributed by atoms with Gasteiger partial charge in [0.15, 0.2) is 0 Å². The van der Waals surface area contributed by atoms with Crippen molar-refractivity contribution in [3.8, 4) is 0 Å². The van der Waals surface area contributed by atoms with E-state index >= 15 is 0 Å². The number of aliphatic hydroxyl groups is 1. The van der Waals surface area contributed by atoms with Crippen LogP contribution < -0.4 is 0 Å². The molecule has 0 bridgehead atoms. The Bertz CT molecular complexity index is 954. The molecule has 1 N–H and O–H groups in total. The SMILES string of the molecule is O=C(C1CCN(S(=O)(=O)C=Cc2ccccc2)CC1)N(CCO)CCc1ccccc1. The van der Waals surface area contributed by atoms with E-state index in [-0.39, 0.29) is 18.4 Å². The first-order chi connectivity index (χ1) is 15.0. The minimum atomic E-state index is -3.52. The van der Waals surface area contributed by atoms with E-state index in [1.165, 1.54) is 9.71 Å². The summed E-state index contributed by atoms with van der Waals surface area (Å²) in [6, 6.07) is 19.2. The molecule has 2 aromatic rings. The number of sulfonamides is 1. The number of carbonyl (C=O) groups excluding carboxylic acids is 1. The van der Waals surface area contributed by atoms with Crippen LogP contribution in [0.3, 0.4) is 0 Å². The summed E-state index contributed by atoms with van der Waals surface area (Å²) in [6.45, 7) is 1.40. The number of rotatable bonds is 9. The van der Waals surface area contributed by atoms with Crippen molar-refractivity contribution in [1.82, 2.24) is 9.21 Å². The average molecular weight is 443 g/mol. The maximum atomic E-state index is 13.0. The van der Waals surface area contributed by atoms with Crippen molar-refractivity contribution in [1.29, 1.82) is 0 Å². The van der Waals surface area contributed by atoms with Crippen molar-refractivity contribution in [2.45, 2.75) is 19.3 Å². The minimum Gasteiger partial charge on any atom is -0.395 e. The molecule has 2 aromatic carbocycles. The molecule has 0 unspecified atom stereocenters. The third kappa shape index (κ3) is 6.75. The third-order valence-electron chi connectivity index (χ3n) is 5.59. The number of benzene rings is 2. The number of hydrogen-bond donors (Lipinski definition) is 1. The van der Waals surface area contributed by atoms with E-state index in [2.05, 4.69) is 0 Å². The number of carbonyl (C=O) groups is 1. The summed E-state index contributed by atoms with van der Waals surface area (Å²) < 4.78 is 26.7. The van der Waals surface area contributed by atoms with Gasteiger partial charge in [0.25, 0.3) is 0 Å². The van der Waals surface area contributed by atoms with Crippen LogP contribution in [-0.2, 0) is 21.2 Å². The number of nitrogens with zero attached hydrogens (tertiary/aromatic N) is 2. The zero-order chi connectivity index (χ0) is 22.1.